The summed E-state index contributed by atoms with van der Waals surface area (Å²) < 4.78 is 5.47. The monoisotopic (exact) mass is 406 g/mol. The summed E-state index contributed by atoms with van der Waals surface area (Å²) in [5, 5.41) is 11.9. The van der Waals surface area contributed by atoms with Gasteiger partial charge >= 0.3 is 0 Å². The molecule has 3 aromatic rings. The molecule has 2 aromatic carbocycles. The predicted molar refractivity (Wildman–Crippen MR) is 114 cm³/mol. The number of benzene rings is 2. The fourth-order valence-electron chi connectivity index (χ4n) is 3.75. The Hall–Kier alpha value is -3.68. The summed E-state index contributed by atoms with van der Waals surface area (Å²) >= 11 is 0. The highest BCUT2D eigenvalue weighted by Gasteiger charge is 2.24. The van der Waals surface area contributed by atoms with Crippen molar-refractivity contribution in [2.45, 2.75) is 6.92 Å². The van der Waals surface area contributed by atoms with Crippen LogP contribution in [-0.2, 0) is 0 Å². The van der Waals surface area contributed by atoms with Crippen LogP contribution in [0.3, 0.4) is 0 Å². The third kappa shape index (κ3) is 3.63. The first kappa shape index (κ1) is 19.6. The number of nitro benzene ring substituents is 1. The van der Waals surface area contributed by atoms with E-state index in [1.807, 2.05) is 18.2 Å². The summed E-state index contributed by atoms with van der Waals surface area (Å²) in [6.45, 7) is 4.49. The van der Waals surface area contributed by atoms with Gasteiger partial charge in [0.1, 0.15) is 17.1 Å². The Morgan fingerprint density at radius 2 is 1.80 bits per heavy atom. The first-order valence-corrected chi connectivity index (χ1v) is 9.71. The maximum Gasteiger partial charge on any atom is 0.269 e. The van der Waals surface area contributed by atoms with Crippen LogP contribution in [0.5, 0.6) is 5.75 Å². The molecule has 0 radical (unpaired) electrons. The molecule has 0 N–H and O–H groups in total. The molecule has 0 aliphatic carbocycles. The lowest BCUT2D eigenvalue weighted by Crippen LogP contribution is -2.49. The Bertz CT molecular complexity index is 1110. The third-order valence-corrected chi connectivity index (χ3v) is 5.43. The molecule has 8 heteroatoms. The van der Waals surface area contributed by atoms with Gasteiger partial charge in [-0.2, -0.15) is 0 Å². The van der Waals surface area contributed by atoms with E-state index in [2.05, 4.69) is 17.9 Å². The van der Waals surface area contributed by atoms with E-state index in [1.165, 1.54) is 24.3 Å². The summed E-state index contributed by atoms with van der Waals surface area (Å²) in [5.41, 5.74) is 2.39. The van der Waals surface area contributed by atoms with E-state index in [0.717, 1.165) is 28.0 Å². The van der Waals surface area contributed by atoms with Crippen LogP contribution < -0.4 is 9.64 Å². The SMILES string of the molecule is COc1cccc2c(C)cc(N3CCN(C(=O)c4ccc([N+](=O)[O-])cc4)CC3)nc12. The van der Waals surface area contributed by atoms with Gasteiger partial charge in [-0.15, -0.1) is 0 Å². The largest absolute Gasteiger partial charge is 0.494 e. The molecule has 2 heterocycles. The lowest BCUT2D eigenvalue weighted by molar-refractivity contribution is -0.384. The number of ether oxygens (including phenoxy) is 1. The van der Waals surface area contributed by atoms with E-state index in [-0.39, 0.29) is 11.6 Å². The summed E-state index contributed by atoms with van der Waals surface area (Å²) in [6.07, 6.45) is 0. The number of piperazine rings is 1. The van der Waals surface area contributed by atoms with Crippen LogP contribution in [0.1, 0.15) is 15.9 Å². The predicted octanol–water partition coefficient (Wildman–Crippen LogP) is 3.42. The van der Waals surface area contributed by atoms with Crippen LogP contribution in [0.15, 0.2) is 48.5 Å². The number of anilines is 1. The summed E-state index contributed by atoms with van der Waals surface area (Å²) in [7, 11) is 1.64. The van der Waals surface area contributed by atoms with Crippen LogP contribution in [0.25, 0.3) is 10.9 Å². The second-order valence-corrected chi connectivity index (χ2v) is 7.24. The quantitative estimate of drug-likeness (QED) is 0.487. The fourth-order valence-corrected chi connectivity index (χ4v) is 3.75. The summed E-state index contributed by atoms with van der Waals surface area (Å²) in [6, 6.07) is 13.7. The van der Waals surface area contributed by atoms with E-state index in [0.29, 0.717) is 31.7 Å². The number of aromatic nitrogens is 1. The Morgan fingerprint density at radius 1 is 1.10 bits per heavy atom. The van der Waals surface area contributed by atoms with Crippen LogP contribution in [0.2, 0.25) is 0 Å². The molecule has 30 heavy (non-hydrogen) atoms. The second-order valence-electron chi connectivity index (χ2n) is 7.24. The number of para-hydroxylation sites is 1. The molecule has 1 aromatic heterocycles. The average Bonchev–Trinajstić information content (AvgIpc) is 2.78. The number of fused-ring (bicyclic) bond motifs is 1. The van der Waals surface area contributed by atoms with Crippen molar-refractivity contribution in [2.75, 3.05) is 38.2 Å². The lowest BCUT2D eigenvalue weighted by atomic mass is 10.1. The van der Waals surface area contributed by atoms with Crippen molar-refractivity contribution in [3.8, 4) is 5.75 Å². The first-order valence-electron chi connectivity index (χ1n) is 9.71. The molecule has 1 aliphatic heterocycles. The number of nitro groups is 1. The van der Waals surface area contributed by atoms with Gasteiger partial charge in [0, 0.05) is 49.3 Å². The van der Waals surface area contributed by atoms with Gasteiger partial charge in [0.15, 0.2) is 0 Å². The molecule has 154 valence electrons. The van der Waals surface area contributed by atoms with E-state index in [1.54, 1.807) is 12.0 Å². The van der Waals surface area contributed by atoms with Crippen LogP contribution in [0.4, 0.5) is 11.5 Å². The van der Waals surface area contributed by atoms with Crippen LogP contribution in [-0.4, -0.2) is 54.0 Å². The number of non-ortho nitro benzene ring substituents is 1. The minimum atomic E-state index is -0.472. The zero-order chi connectivity index (χ0) is 21.3. The second kappa shape index (κ2) is 7.98. The van der Waals surface area contributed by atoms with Crippen molar-refractivity contribution in [2.24, 2.45) is 0 Å². The molecule has 8 nitrogen and oxygen atoms in total. The molecule has 0 spiro atoms. The number of rotatable bonds is 4. The van der Waals surface area contributed by atoms with Gasteiger partial charge in [0.25, 0.3) is 11.6 Å². The van der Waals surface area contributed by atoms with Gasteiger partial charge in [-0.25, -0.2) is 4.98 Å². The molecule has 1 aliphatic rings. The number of hydrogen-bond acceptors (Lipinski definition) is 6. The number of hydrogen-bond donors (Lipinski definition) is 0. The van der Waals surface area contributed by atoms with Gasteiger partial charge in [0.05, 0.1) is 12.0 Å². The van der Waals surface area contributed by atoms with Gasteiger partial charge in [-0.1, -0.05) is 12.1 Å². The summed E-state index contributed by atoms with van der Waals surface area (Å²) in [4.78, 5) is 31.8. The maximum absolute atomic E-state index is 12.7. The first-order chi connectivity index (χ1) is 14.5. The van der Waals surface area contributed by atoms with Crippen LogP contribution >= 0.6 is 0 Å². The smallest absolute Gasteiger partial charge is 0.269 e. The van der Waals surface area contributed by atoms with Gasteiger partial charge in [0.2, 0.25) is 0 Å². The van der Waals surface area contributed by atoms with Crippen molar-refractivity contribution in [1.29, 1.82) is 0 Å². The van der Waals surface area contributed by atoms with Crippen LogP contribution in [0, 0.1) is 17.0 Å². The molecule has 4 rings (SSSR count). The molecule has 1 saturated heterocycles. The highest BCUT2D eigenvalue weighted by atomic mass is 16.6. The Kier molecular flexibility index (Phi) is 5.22. The zero-order valence-electron chi connectivity index (χ0n) is 16.9. The Morgan fingerprint density at radius 3 is 2.43 bits per heavy atom. The molecule has 0 atom stereocenters. The number of aryl methyl sites for hydroxylation is 1. The number of nitrogens with zero attached hydrogens (tertiary/aromatic N) is 4. The van der Waals surface area contributed by atoms with E-state index >= 15 is 0 Å². The topological polar surface area (TPSA) is 88.8 Å². The molecular formula is C22H22N4O4. The molecular weight excluding hydrogens is 384 g/mol. The lowest BCUT2D eigenvalue weighted by Gasteiger charge is -2.35. The number of carbonyl (C=O) groups excluding carboxylic acids is 1. The van der Waals surface area contributed by atoms with E-state index in [9.17, 15) is 14.9 Å². The zero-order valence-corrected chi connectivity index (χ0v) is 16.9. The Balaban J connectivity index is 1.49. The fraction of sp³-hybridized carbons (Fsp3) is 0.273. The highest BCUT2D eigenvalue weighted by molar-refractivity contribution is 5.94. The molecule has 0 bridgehead atoms. The van der Waals surface area contributed by atoms with Crippen molar-refractivity contribution >= 4 is 28.3 Å². The molecule has 0 saturated carbocycles. The van der Waals surface area contributed by atoms with Gasteiger partial charge in [-0.3, -0.25) is 14.9 Å². The normalized spacial score (nSPS) is 14.1. The minimum Gasteiger partial charge on any atom is -0.494 e. The standard InChI is InChI=1S/C22H22N4O4/c1-15-14-20(23-21-18(15)4-3-5-19(21)30-2)24-10-12-25(13-11-24)22(27)16-6-8-17(9-7-16)26(28)29/h3-9,14H,10-13H2,1-2H3. The number of carbonyl (C=O) groups is 1. The van der Waals surface area contributed by atoms with Crippen molar-refractivity contribution in [1.82, 2.24) is 9.88 Å². The summed E-state index contributed by atoms with van der Waals surface area (Å²) in [5.74, 6) is 1.49. The molecule has 1 fully saturated rings. The van der Waals surface area contributed by atoms with Crippen molar-refractivity contribution < 1.29 is 14.5 Å². The third-order valence-electron chi connectivity index (χ3n) is 5.43. The van der Waals surface area contributed by atoms with Gasteiger partial charge < -0.3 is 14.5 Å². The Labute approximate surface area is 173 Å². The number of pyridine rings is 1. The number of methoxy groups -OCH3 is 1. The minimum absolute atomic E-state index is 0.0236. The number of amides is 1. The van der Waals surface area contributed by atoms with Gasteiger partial charge in [-0.05, 0) is 36.8 Å². The van der Waals surface area contributed by atoms with E-state index < -0.39 is 4.92 Å². The molecule has 0 unspecified atom stereocenters. The van der Waals surface area contributed by atoms with E-state index in [4.69, 9.17) is 9.72 Å². The highest BCUT2D eigenvalue weighted by Crippen LogP contribution is 2.29. The average molecular weight is 406 g/mol. The maximum atomic E-state index is 12.7. The van der Waals surface area contributed by atoms with Crippen molar-refractivity contribution in [3.63, 3.8) is 0 Å². The molecule has 1 amide bonds. The van der Waals surface area contributed by atoms with Crippen molar-refractivity contribution in [3.05, 3.63) is 69.8 Å².